The molecule has 5 heteroatoms. The highest BCUT2D eigenvalue weighted by molar-refractivity contribution is 5.96. The lowest BCUT2D eigenvalue weighted by molar-refractivity contribution is -0.121. The highest BCUT2D eigenvalue weighted by atomic mass is 16.2. The molecule has 0 aliphatic carbocycles. The van der Waals surface area contributed by atoms with Gasteiger partial charge >= 0.3 is 0 Å². The van der Waals surface area contributed by atoms with Crippen molar-refractivity contribution in [1.82, 2.24) is 5.32 Å². The normalized spacial score (nSPS) is 13.6. The SMILES string of the molecule is C=CCNC(=O)C(C)Nc1ccc(CC(=O)N2CCc3ccccc32)cc1. The van der Waals surface area contributed by atoms with Crippen molar-refractivity contribution in [3.63, 3.8) is 0 Å². The molecule has 2 amide bonds. The molecule has 140 valence electrons. The van der Waals surface area contributed by atoms with Gasteiger partial charge in [0.2, 0.25) is 11.8 Å². The lowest BCUT2D eigenvalue weighted by atomic mass is 10.1. The van der Waals surface area contributed by atoms with Gasteiger partial charge in [0.1, 0.15) is 6.04 Å². The van der Waals surface area contributed by atoms with E-state index in [1.165, 1.54) is 5.56 Å². The van der Waals surface area contributed by atoms with Crippen LogP contribution in [0.4, 0.5) is 11.4 Å². The van der Waals surface area contributed by atoms with E-state index in [0.717, 1.165) is 29.9 Å². The number of fused-ring (bicyclic) bond motifs is 1. The minimum atomic E-state index is -0.349. The van der Waals surface area contributed by atoms with E-state index in [4.69, 9.17) is 0 Å². The van der Waals surface area contributed by atoms with Crippen LogP contribution in [0.25, 0.3) is 0 Å². The van der Waals surface area contributed by atoms with Gasteiger partial charge in [0.15, 0.2) is 0 Å². The van der Waals surface area contributed by atoms with E-state index >= 15 is 0 Å². The Morgan fingerprint density at radius 1 is 1.19 bits per heavy atom. The summed E-state index contributed by atoms with van der Waals surface area (Å²) in [5.74, 6) is 0.0275. The van der Waals surface area contributed by atoms with E-state index in [1.54, 1.807) is 13.0 Å². The topological polar surface area (TPSA) is 61.4 Å². The van der Waals surface area contributed by atoms with Crippen LogP contribution in [0.5, 0.6) is 0 Å². The van der Waals surface area contributed by atoms with Crippen molar-refractivity contribution in [2.75, 3.05) is 23.3 Å². The zero-order valence-corrected chi connectivity index (χ0v) is 15.6. The van der Waals surface area contributed by atoms with Gasteiger partial charge < -0.3 is 15.5 Å². The number of nitrogens with one attached hydrogen (secondary N) is 2. The zero-order chi connectivity index (χ0) is 19.2. The maximum Gasteiger partial charge on any atom is 0.242 e. The van der Waals surface area contributed by atoms with Gasteiger partial charge in [-0.2, -0.15) is 0 Å². The largest absolute Gasteiger partial charge is 0.374 e. The number of hydrogen-bond acceptors (Lipinski definition) is 3. The van der Waals surface area contributed by atoms with Crippen LogP contribution in [0.2, 0.25) is 0 Å². The standard InChI is InChI=1S/C22H25N3O2/c1-3-13-23-22(27)16(2)24-19-10-8-17(9-11-19)15-21(26)25-14-12-18-6-4-5-7-20(18)25/h3-11,16,24H,1,12-15H2,2H3,(H,23,27). The summed E-state index contributed by atoms with van der Waals surface area (Å²) in [4.78, 5) is 26.4. The molecular weight excluding hydrogens is 338 g/mol. The fourth-order valence-corrected chi connectivity index (χ4v) is 3.23. The molecule has 0 radical (unpaired) electrons. The Morgan fingerprint density at radius 3 is 2.67 bits per heavy atom. The molecule has 5 nitrogen and oxygen atoms in total. The summed E-state index contributed by atoms with van der Waals surface area (Å²) in [6, 6.07) is 15.4. The van der Waals surface area contributed by atoms with Gasteiger partial charge in [0.05, 0.1) is 6.42 Å². The van der Waals surface area contributed by atoms with E-state index in [2.05, 4.69) is 23.3 Å². The molecule has 2 aromatic rings. The number of carbonyl (C=O) groups is 2. The summed E-state index contributed by atoms with van der Waals surface area (Å²) in [7, 11) is 0. The van der Waals surface area contributed by atoms with E-state index in [-0.39, 0.29) is 17.9 Å². The van der Waals surface area contributed by atoms with Gasteiger partial charge in [0.25, 0.3) is 0 Å². The minimum absolute atomic E-state index is 0.0816. The number of carbonyl (C=O) groups excluding carboxylic acids is 2. The molecule has 1 atom stereocenters. The summed E-state index contributed by atoms with van der Waals surface area (Å²) < 4.78 is 0. The lowest BCUT2D eigenvalue weighted by Gasteiger charge is -2.18. The quantitative estimate of drug-likeness (QED) is 0.744. The average molecular weight is 363 g/mol. The number of benzene rings is 2. The van der Waals surface area contributed by atoms with Crippen LogP contribution in [-0.4, -0.2) is 30.9 Å². The number of hydrogen-bond donors (Lipinski definition) is 2. The molecule has 1 heterocycles. The molecule has 3 rings (SSSR count). The molecule has 2 aromatic carbocycles. The Bertz CT molecular complexity index is 830. The first-order valence-corrected chi connectivity index (χ1v) is 9.21. The Balaban J connectivity index is 1.57. The summed E-state index contributed by atoms with van der Waals surface area (Å²) in [6.45, 7) is 6.59. The second-order valence-corrected chi connectivity index (χ2v) is 6.70. The fourth-order valence-electron chi connectivity index (χ4n) is 3.23. The van der Waals surface area contributed by atoms with Crippen LogP contribution >= 0.6 is 0 Å². The minimum Gasteiger partial charge on any atom is -0.374 e. The van der Waals surface area contributed by atoms with Crippen LogP contribution in [0, 0.1) is 0 Å². The van der Waals surface area contributed by atoms with Crippen molar-refractivity contribution >= 4 is 23.2 Å². The predicted octanol–water partition coefficient (Wildman–Crippen LogP) is 2.92. The summed E-state index contributed by atoms with van der Waals surface area (Å²) >= 11 is 0. The van der Waals surface area contributed by atoms with E-state index in [1.807, 2.05) is 47.4 Å². The average Bonchev–Trinajstić information content (AvgIpc) is 3.11. The third-order valence-electron chi connectivity index (χ3n) is 4.69. The van der Waals surface area contributed by atoms with E-state index in [0.29, 0.717) is 13.0 Å². The second-order valence-electron chi connectivity index (χ2n) is 6.70. The Morgan fingerprint density at radius 2 is 1.93 bits per heavy atom. The van der Waals surface area contributed by atoms with Crippen LogP contribution in [0.1, 0.15) is 18.1 Å². The van der Waals surface area contributed by atoms with Gasteiger partial charge in [-0.3, -0.25) is 9.59 Å². The Hall–Kier alpha value is -3.08. The summed E-state index contributed by atoms with van der Waals surface area (Å²) in [6.07, 6.45) is 2.93. The molecule has 1 aliphatic heterocycles. The molecule has 27 heavy (non-hydrogen) atoms. The third kappa shape index (κ3) is 4.56. The number of anilines is 2. The van der Waals surface area contributed by atoms with Crippen molar-refractivity contribution in [3.8, 4) is 0 Å². The van der Waals surface area contributed by atoms with Gasteiger partial charge in [0, 0.05) is 24.5 Å². The number of nitrogens with zero attached hydrogens (tertiary/aromatic N) is 1. The second kappa shape index (κ2) is 8.54. The molecule has 0 fully saturated rings. The van der Waals surface area contributed by atoms with Gasteiger partial charge in [-0.15, -0.1) is 6.58 Å². The molecule has 0 aromatic heterocycles. The maximum absolute atomic E-state index is 12.7. The summed E-state index contributed by atoms with van der Waals surface area (Å²) in [5, 5.41) is 5.92. The maximum atomic E-state index is 12.7. The molecule has 1 unspecified atom stereocenters. The molecule has 0 saturated heterocycles. The highest BCUT2D eigenvalue weighted by Crippen LogP contribution is 2.28. The van der Waals surface area contributed by atoms with Gasteiger partial charge in [-0.05, 0) is 42.7 Å². The number of para-hydroxylation sites is 1. The van der Waals surface area contributed by atoms with Crippen LogP contribution in [0.3, 0.4) is 0 Å². The zero-order valence-electron chi connectivity index (χ0n) is 15.6. The molecular formula is C22H25N3O2. The summed E-state index contributed by atoms with van der Waals surface area (Å²) in [5.41, 5.74) is 4.06. The molecule has 2 N–H and O–H groups in total. The van der Waals surface area contributed by atoms with Crippen LogP contribution in [0.15, 0.2) is 61.2 Å². The highest BCUT2D eigenvalue weighted by Gasteiger charge is 2.23. The van der Waals surface area contributed by atoms with Crippen molar-refractivity contribution in [1.29, 1.82) is 0 Å². The lowest BCUT2D eigenvalue weighted by Crippen LogP contribution is -2.37. The van der Waals surface area contributed by atoms with E-state index in [9.17, 15) is 9.59 Å². The first-order valence-electron chi connectivity index (χ1n) is 9.21. The van der Waals surface area contributed by atoms with Crippen molar-refractivity contribution in [3.05, 3.63) is 72.3 Å². The van der Waals surface area contributed by atoms with Gasteiger partial charge in [-0.25, -0.2) is 0 Å². The number of rotatable bonds is 7. The molecule has 0 spiro atoms. The fraction of sp³-hybridized carbons (Fsp3) is 0.273. The van der Waals surface area contributed by atoms with Crippen molar-refractivity contribution in [2.45, 2.75) is 25.8 Å². The van der Waals surface area contributed by atoms with E-state index < -0.39 is 0 Å². The molecule has 0 bridgehead atoms. The van der Waals surface area contributed by atoms with Crippen molar-refractivity contribution in [2.24, 2.45) is 0 Å². The number of amides is 2. The Kier molecular flexibility index (Phi) is 5.91. The Labute approximate surface area is 160 Å². The smallest absolute Gasteiger partial charge is 0.242 e. The first-order chi connectivity index (χ1) is 13.1. The third-order valence-corrected chi connectivity index (χ3v) is 4.69. The van der Waals surface area contributed by atoms with Crippen molar-refractivity contribution < 1.29 is 9.59 Å². The van der Waals surface area contributed by atoms with Crippen LogP contribution < -0.4 is 15.5 Å². The first kappa shape index (κ1) is 18.7. The molecule has 0 saturated carbocycles. The molecule has 1 aliphatic rings. The monoisotopic (exact) mass is 363 g/mol. The van der Waals surface area contributed by atoms with Gasteiger partial charge in [-0.1, -0.05) is 36.4 Å². The van der Waals surface area contributed by atoms with Crippen LogP contribution in [-0.2, 0) is 22.4 Å². The predicted molar refractivity (Wildman–Crippen MR) is 109 cm³/mol.